The molecule has 5 nitrogen and oxygen atoms in total. The molecule has 3 aliphatic rings. The molecule has 5 rings (SSSR count). The van der Waals surface area contributed by atoms with Crippen molar-refractivity contribution >= 4 is 5.70 Å². The summed E-state index contributed by atoms with van der Waals surface area (Å²) in [5.41, 5.74) is 10.1. The van der Waals surface area contributed by atoms with Crippen LogP contribution >= 0.6 is 0 Å². The van der Waals surface area contributed by atoms with Gasteiger partial charge in [-0.05, 0) is 29.8 Å². The lowest BCUT2D eigenvalue weighted by molar-refractivity contribution is -0.0321. The molecule has 2 atom stereocenters. The smallest absolute Gasteiger partial charge is 0.123 e. The summed E-state index contributed by atoms with van der Waals surface area (Å²) in [4.78, 5) is 2.31. The van der Waals surface area contributed by atoms with Crippen LogP contribution in [0, 0.1) is 11.6 Å². The van der Waals surface area contributed by atoms with E-state index >= 15 is 0 Å². The van der Waals surface area contributed by atoms with E-state index in [2.05, 4.69) is 20.9 Å². The van der Waals surface area contributed by atoms with Crippen molar-refractivity contribution in [2.24, 2.45) is 0 Å². The Labute approximate surface area is 156 Å². The first kappa shape index (κ1) is 16.7. The van der Waals surface area contributed by atoms with Gasteiger partial charge < -0.3 is 10.2 Å². The largest absolute Gasteiger partial charge is 0.368 e. The molecule has 0 saturated carbocycles. The molecule has 140 valence electrons. The molecule has 2 saturated heterocycles. The molecule has 0 aliphatic carbocycles. The van der Waals surface area contributed by atoms with Crippen molar-refractivity contribution in [3.63, 3.8) is 0 Å². The minimum Gasteiger partial charge on any atom is -0.368 e. The predicted molar refractivity (Wildman–Crippen MR) is 96.6 cm³/mol. The number of benzene rings is 2. The Balaban J connectivity index is 1.34. The summed E-state index contributed by atoms with van der Waals surface area (Å²) in [6.45, 7) is 2.88. The van der Waals surface area contributed by atoms with Crippen molar-refractivity contribution in [3.8, 4) is 0 Å². The summed E-state index contributed by atoms with van der Waals surface area (Å²) in [5, 5.41) is 2.11. The highest BCUT2D eigenvalue weighted by Gasteiger charge is 2.44. The van der Waals surface area contributed by atoms with Crippen molar-refractivity contribution in [2.45, 2.75) is 18.7 Å². The Kier molecular flexibility index (Phi) is 4.07. The van der Waals surface area contributed by atoms with E-state index < -0.39 is 0 Å². The fraction of sp³-hybridized carbons (Fsp3) is 0.300. The van der Waals surface area contributed by atoms with Crippen molar-refractivity contribution in [1.29, 1.82) is 0 Å². The monoisotopic (exact) mass is 370 g/mol. The molecular formula is C20H20F2N4O. The predicted octanol–water partition coefficient (Wildman–Crippen LogP) is 2.24. The summed E-state index contributed by atoms with van der Waals surface area (Å²) in [7, 11) is 0. The van der Waals surface area contributed by atoms with E-state index in [0.29, 0.717) is 6.61 Å². The third-order valence-electron chi connectivity index (χ3n) is 5.39. The van der Waals surface area contributed by atoms with E-state index in [-0.39, 0.29) is 23.8 Å². The van der Waals surface area contributed by atoms with Crippen LogP contribution in [0.25, 0.3) is 5.70 Å². The van der Waals surface area contributed by atoms with E-state index in [9.17, 15) is 8.78 Å². The number of nitrogens with one attached hydrogen (secondary N) is 2. The molecule has 0 radical (unpaired) electrons. The minimum atomic E-state index is -0.262. The Hall–Kier alpha value is -2.48. The van der Waals surface area contributed by atoms with Gasteiger partial charge in [0.15, 0.2) is 0 Å². The van der Waals surface area contributed by atoms with Crippen LogP contribution in [-0.4, -0.2) is 41.8 Å². The Morgan fingerprint density at radius 2 is 1.89 bits per heavy atom. The fourth-order valence-electron chi connectivity index (χ4n) is 4.09. The molecule has 0 unspecified atom stereocenters. The van der Waals surface area contributed by atoms with Gasteiger partial charge in [0.25, 0.3) is 0 Å². The van der Waals surface area contributed by atoms with Gasteiger partial charge in [0.05, 0.1) is 30.1 Å². The summed E-state index contributed by atoms with van der Waals surface area (Å²) < 4.78 is 32.8. The number of hydrogen-bond acceptors (Lipinski definition) is 5. The zero-order valence-corrected chi connectivity index (χ0v) is 14.7. The molecule has 3 aliphatic heterocycles. The van der Waals surface area contributed by atoms with Gasteiger partial charge >= 0.3 is 0 Å². The van der Waals surface area contributed by atoms with E-state index in [1.54, 1.807) is 6.07 Å². The number of ether oxygens (including phenoxy) is 1. The maximum atomic E-state index is 13.6. The van der Waals surface area contributed by atoms with Gasteiger partial charge in [-0.3, -0.25) is 9.91 Å². The molecule has 7 heteroatoms. The SMILES string of the molecule is Fc1ccc(CN2C[C@@H]3[C@@H](C2)OCC2=C(c4cccc(F)c4)NNN23)cc1. The van der Waals surface area contributed by atoms with Crippen LogP contribution < -0.4 is 11.0 Å². The number of rotatable bonds is 3. The molecule has 2 N–H and O–H groups in total. The molecule has 3 heterocycles. The molecule has 2 fully saturated rings. The standard InChI is InChI=1S/C20H20F2N4O/c21-15-6-4-13(5-7-15)9-25-10-17-19(11-25)27-12-18-20(23-24-26(17)18)14-2-1-3-16(22)8-14/h1-8,17,19,23-24H,9-12H2/t17-,19-/m1/s1. The third-order valence-corrected chi connectivity index (χ3v) is 5.39. The lowest BCUT2D eigenvalue weighted by atomic mass is 10.1. The number of halogens is 2. The highest BCUT2D eigenvalue weighted by atomic mass is 19.1. The van der Waals surface area contributed by atoms with Crippen LogP contribution in [0.5, 0.6) is 0 Å². The number of morpholine rings is 1. The Bertz CT molecular complexity index is 886. The normalized spacial score (nSPS) is 24.7. The lowest BCUT2D eigenvalue weighted by Gasteiger charge is -2.36. The van der Waals surface area contributed by atoms with Crippen molar-refractivity contribution in [1.82, 2.24) is 20.9 Å². The topological polar surface area (TPSA) is 39.8 Å². The zero-order valence-electron chi connectivity index (χ0n) is 14.7. The van der Waals surface area contributed by atoms with E-state index in [0.717, 1.165) is 42.2 Å². The molecular weight excluding hydrogens is 350 g/mol. The van der Waals surface area contributed by atoms with E-state index in [1.807, 2.05) is 18.2 Å². The average molecular weight is 370 g/mol. The van der Waals surface area contributed by atoms with Gasteiger partial charge in [-0.25, -0.2) is 8.78 Å². The van der Waals surface area contributed by atoms with Crippen molar-refractivity contribution in [3.05, 3.63) is 77.0 Å². The number of likely N-dealkylation sites (tertiary alicyclic amines) is 1. The van der Waals surface area contributed by atoms with Gasteiger partial charge in [-0.2, -0.15) is 0 Å². The maximum Gasteiger partial charge on any atom is 0.123 e. The van der Waals surface area contributed by atoms with E-state index in [1.165, 1.54) is 24.3 Å². The fourth-order valence-corrected chi connectivity index (χ4v) is 4.09. The van der Waals surface area contributed by atoms with Gasteiger partial charge in [0.1, 0.15) is 11.6 Å². The lowest BCUT2D eigenvalue weighted by Crippen LogP contribution is -2.54. The molecule has 2 aromatic rings. The van der Waals surface area contributed by atoms with Gasteiger partial charge in [-0.1, -0.05) is 24.3 Å². The van der Waals surface area contributed by atoms with Gasteiger partial charge in [-0.15, -0.1) is 5.53 Å². The summed E-state index contributed by atoms with van der Waals surface area (Å²) in [6.07, 6.45) is 0.0929. The number of hydrogen-bond donors (Lipinski definition) is 2. The zero-order chi connectivity index (χ0) is 18.4. The van der Waals surface area contributed by atoms with Crippen LogP contribution in [0.1, 0.15) is 11.1 Å². The van der Waals surface area contributed by atoms with Crippen LogP contribution in [0.2, 0.25) is 0 Å². The second kappa shape index (κ2) is 6.60. The highest BCUT2D eigenvalue weighted by molar-refractivity contribution is 5.68. The maximum absolute atomic E-state index is 13.6. The number of fused-ring (bicyclic) bond motifs is 3. The molecule has 2 aromatic carbocycles. The highest BCUT2D eigenvalue weighted by Crippen LogP contribution is 2.33. The van der Waals surface area contributed by atoms with Gasteiger partial charge in [0.2, 0.25) is 0 Å². The van der Waals surface area contributed by atoms with Crippen LogP contribution in [-0.2, 0) is 11.3 Å². The summed E-state index contributed by atoms with van der Waals surface area (Å²) in [6, 6.07) is 13.3. The average Bonchev–Trinajstić information content (AvgIpc) is 3.27. The number of hydrazine groups is 2. The van der Waals surface area contributed by atoms with Crippen molar-refractivity contribution in [2.75, 3.05) is 19.7 Å². The first-order chi connectivity index (χ1) is 13.2. The minimum absolute atomic E-state index is 0.0929. The first-order valence-electron chi connectivity index (χ1n) is 9.06. The van der Waals surface area contributed by atoms with Crippen LogP contribution in [0.15, 0.2) is 54.2 Å². The van der Waals surface area contributed by atoms with E-state index in [4.69, 9.17) is 4.74 Å². The molecule has 0 amide bonds. The molecule has 27 heavy (non-hydrogen) atoms. The quantitative estimate of drug-likeness (QED) is 0.867. The van der Waals surface area contributed by atoms with Crippen molar-refractivity contribution < 1.29 is 13.5 Å². The molecule has 0 aromatic heterocycles. The second-order valence-corrected chi connectivity index (χ2v) is 7.18. The second-order valence-electron chi connectivity index (χ2n) is 7.18. The Morgan fingerprint density at radius 3 is 2.70 bits per heavy atom. The molecule has 0 spiro atoms. The molecule has 0 bridgehead atoms. The summed E-state index contributed by atoms with van der Waals surface area (Å²) in [5.74, 6) is -0.481. The Morgan fingerprint density at radius 1 is 1.04 bits per heavy atom. The summed E-state index contributed by atoms with van der Waals surface area (Å²) >= 11 is 0. The first-order valence-corrected chi connectivity index (χ1v) is 9.06. The number of nitrogens with zero attached hydrogens (tertiary/aromatic N) is 2. The van der Waals surface area contributed by atoms with Crippen LogP contribution in [0.3, 0.4) is 0 Å². The van der Waals surface area contributed by atoms with Crippen LogP contribution in [0.4, 0.5) is 8.78 Å². The van der Waals surface area contributed by atoms with Gasteiger partial charge in [0, 0.05) is 25.2 Å². The third kappa shape index (κ3) is 3.07.